The first-order valence-electron chi connectivity index (χ1n) is 10.0. The lowest BCUT2D eigenvalue weighted by atomic mass is 10.1. The molecule has 0 aliphatic heterocycles. The van der Waals surface area contributed by atoms with E-state index in [0.717, 1.165) is 33.4 Å². The zero-order valence-electron chi connectivity index (χ0n) is 17.0. The number of aromatic nitrogens is 7. The first-order valence-corrected chi connectivity index (χ1v) is 10.0. The van der Waals surface area contributed by atoms with Crippen LogP contribution in [0.25, 0.3) is 56.0 Å². The maximum absolute atomic E-state index is 13.8. The summed E-state index contributed by atoms with van der Waals surface area (Å²) in [4.78, 5) is 21.4. The van der Waals surface area contributed by atoms with Crippen LogP contribution in [0.2, 0.25) is 0 Å². The third kappa shape index (κ3) is 2.92. The number of pyridine rings is 3. The van der Waals surface area contributed by atoms with Gasteiger partial charge in [-0.2, -0.15) is 5.10 Å². The molecule has 6 aromatic rings. The molecule has 154 valence electrons. The largest absolute Gasteiger partial charge is 0.335 e. The van der Waals surface area contributed by atoms with E-state index in [1.807, 2.05) is 31.2 Å². The second-order valence-electron chi connectivity index (χ2n) is 7.53. The van der Waals surface area contributed by atoms with Gasteiger partial charge in [0.2, 0.25) is 0 Å². The fourth-order valence-corrected chi connectivity index (χ4v) is 3.86. The molecule has 0 fully saturated rings. The van der Waals surface area contributed by atoms with Crippen molar-refractivity contribution in [3.63, 3.8) is 0 Å². The van der Waals surface area contributed by atoms with E-state index >= 15 is 0 Å². The number of imidazole rings is 1. The summed E-state index contributed by atoms with van der Waals surface area (Å²) in [6, 6.07) is 12.2. The Hall–Kier alpha value is -4.46. The van der Waals surface area contributed by atoms with Gasteiger partial charge in [-0.3, -0.25) is 15.1 Å². The fraction of sp³-hybridized carbons (Fsp3) is 0.0417. The number of H-pyrrole nitrogens is 2. The minimum Gasteiger partial charge on any atom is -0.335 e. The van der Waals surface area contributed by atoms with Crippen LogP contribution in [0.1, 0.15) is 5.56 Å². The molecule has 0 spiro atoms. The van der Waals surface area contributed by atoms with Gasteiger partial charge >= 0.3 is 0 Å². The van der Waals surface area contributed by atoms with E-state index in [1.165, 1.54) is 12.1 Å². The summed E-state index contributed by atoms with van der Waals surface area (Å²) in [5.41, 5.74) is 7.83. The SMILES string of the molecule is Cc1ccncc1-c1ccc2[nH]nc(-c3nc4c(-c5cccc(F)c5)cncc4[nH]3)c2n1. The molecule has 0 bridgehead atoms. The van der Waals surface area contributed by atoms with Crippen LogP contribution in [-0.2, 0) is 0 Å². The number of benzene rings is 1. The molecule has 0 atom stereocenters. The van der Waals surface area contributed by atoms with E-state index in [9.17, 15) is 4.39 Å². The monoisotopic (exact) mass is 421 g/mol. The van der Waals surface area contributed by atoms with Gasteiger partial charge in [0.1, 0.15) is 11.3 Å². The highest BCUT2D eigenvalue weighted by Crippen LogP contribution is 2.31. The molecule has 6 rings (SSSR count). The molecule has 0 saturated carbocycles. The first kappa shape index (κ1) is 18.3. The van der Waals surface area contributed by atoms with E-state index in [2.05, 4.69) is 25.1 Å². The van der Waals surface area contributed by atoms with Crippen molar-refractivity contribution in [1.82, 2.24) is 35.1 Å². The Bertz CT molecular complexity index is 1620. The van der Waals surface area contributed by atoms with Crippen LogP contribution in [-0.4, -0.2) is 35.1 Å². The van der Waals surface area contributed by atoms with E-state index in [0.29, 0.717) is 28.1 Å². The van der Waals surface area contributed by atoms with Crippen molar-refractivity contribution in [3.8, 4) is 33.9 Å². The molecule has 0 amide bonds. The molecule has 0 radical (unpaired) electrons. The van der Waals surface area contributed by atoms with Crippen molar-refractivity contribution in [3.05, 3.63) is 78.6 Å². The topological polar surface area (TPSA) is 96.0 Å². The molecule has 32 heavy (non-hydrogen) atoms. The Labute approximate surface area is 181 Å². The third-order valence-corrected chi connectivity index (χ3v) is 5.48. The summed E-state index contributed by atoms with van der Waals surface area (Å²) in [6.07, 6.45) is 6.95. The first-order chi connectivity index (χ1) is 15.7. The normalized spacial score (nSPS) is 11.4. The standard InChI is InChI=1S/C24H16FN7/c1-13-7-8-26-10-16(13)18-5-6-19-22(28-18)23(32-31-19)24-29-20-12-27-11-17(21(20)30-24)14-3-2-4-15(25)9-14/h2-12H,1H3,(H,29,30)(H,31,32). The maximum Gasteiger partial charge on any atom is 0.161 e. The van der Waals surface area contributed by atoms with Crippen LogP contribution in [0.5, 0.6) is 0 Å². The maximum atomic E-state index is 13.8. The number of rotatable bonds is 3. The summed E-state index contributed by atoms with van der Waals surface area (Å²) in [5.74, 6) is 0.250. The summed E-state index contributed by atoms with van der Waals surface area (Å²) >= 11 is 0. The van der Waals surface area contributed by atoms with Gasteiger partial charge in [0, 0.05) is 29.7 Å². The van der Waals surface area contributed by atoms with E-state index in [4.69, 9.17) is 9.97 Å². The molecule has 5 aromatic heterocycles. The summed E-state index contributed by atoms with van der Waals surface area (Å²) in [6.45, 7) is 2.03. The van der Waals surface area contributed by atoms with Crippen molar-refractivity contribution >= 4 is 22.1 Å². The zero-order valence-corrected chi connectivity index (χ0v) is 17.0. The predicted octanol–water partition coefficient (Wildman–Crippen LogP) is 5.07. The molecule has 5 heterocycles. The van der Waals surface area contributed by atoms with Gasteiger partial charge < -0.3 is 4.98 Å². The van der Waals surface area contributed by atoms with E-state index in [-0.39, 0.29) is 5.82 Å². The molecule has 0 saturated heterocycles. The Morgan fingerprint density at radius 3 is 2.62 bits per heavy atom. The Morgan fingerprint density at radius 1 is 0.844 bits per heavy atom. The lowest BCUT2D eigenvalue weighted by Crippen LogP contribution is -1.90. The number of aryl methyl sites for hydroxylation is 1. The van der Waals surface area contributed by atoms with E-state index in [1.54, 1.807) is 30.9 Å². The number of halogens is 1. The molecule has 0 aliphatic rings. The lowest BCUT2D eigenvalue weighted by Gasteiger charge is -2.04. The molecule has 0 aliphatic carbocycles. The molecule has 0 unspecified atom stereocenters. The number of nitrogens with zero attached hydrogens (tertiary/aromatic N) is 5. The average Bonchev–Trinajstić information content (AvgIpc) is 3.42. The molecule has 2 N–H and O–H groups in total. The van der Waals surface area contributed by atoms with Crippen LogP contribution >= 0.6 is 0 Å². The molecule has 7 nitrogen and oxygen atoms in total. The number of hydrogen-bond acceptors (Lipinski definition) is 5. The second-order valence-corrected chi connectivity index (χ2v) is 7.53. The van der Waals surface area contributed by atoms with Gasteiger partial charge in [0.25, 0.3) is 0 Å². The summed E-state index contributed by atoms with van der Waals surface area (Å²) in [5, 5.41) is 7.48. The highest BCUT2D eigenvalue weighted by Gasteiger charge is 2.17. The number of hydrogen-bond donors (Lipinski definition) is 2. The molecule has 8 heteroatoms. The van der Waals surface area contributed by atoms with Crippen LogP contribution in [0, 0.1) is 12.7 Å². The van der Waals surface area contributed by atoms with Gasteiger partial charge in [0.15, 0.2) is 11.5 Å². The highest BCUT2D eigenvalue weighted by atomic mass is 19.1. The van der Waals surface area contributed by atoms with Gasteiger partial charge in [-0.25, -0.2) is 14.4 Å². The molecular weight excluding hydrogens is 405 g/mol. The van der Waals surface area contributed by atoms with Crippen LogP contribution in [0.3, 0.4) is 0 Å². The summed E-state index contributed by atoms with van der Waals surface area (Å²) in [7, 11) is 0. The van der Waals surface area contributed by atoms with Gasteiger partial charge in [-0.05, 0) is 48.4 Å². The highest BCUT2D eigenvalue weighted by molar-refractivity contribution is 5.95. The quantitative estimate of drug-likeness (QED) is 0.416. The Balaban J connectivity index is 1.52. The van der Waals surface area contributed by atoms with Crippen LogP contribution in [0.15, 0.2) is 67.3 Å². The van der Waals surface area contributed by atoms with Crippen molar-refractivity contribution < 1.29 is 4.39 Å². The van der Waals surface area contributed by atoms with Crippen molar-refractivity contribution in [2.75, 3.05) is 0 Å². The van der Waals surface area contributed by atoms with Crippen LogP contribution < -0.4 is 0 Å². The van der Waals surface area contributed by atoms with Gasteiger partial charge in [0.05, 0.1) is 28.4 Å². The van der Waals surface area contributed by atoms with Crippen molar-refractivity contribution in [1.29, 1.82) is 0 Å². The Kier molecular flexibility index (Phi) is 4.04. The Morgan fingerprint density at radius 2 is 1.75 bits per heavy atom. The van der Waals surface area contributed by atoms with Crippen LogP contribution in [0.4, 0.5) is 4.39 Å². The number of fused-ring (bicyclic) bond motifs is 2. The predicted molar refractivity (Wildman–Crippen MR) is 120 cm³/mol. The molecule has 1 aromatic carbocycles. The number of nitrogens with one attached hydrogen (secondary N) is 2. The minimum absolute atomic E-state index is 0.309. The smallest absolute Gasteiger partial charge is 0.161 e. The van der Waals surface area contributed by atoms with E-state index < -0.39 is 0 Å². The third-order valence-electron chi connectivity index (χ3n) is 5.48. The van der Waals surface area contributed by atoms with Gasteiger partial charge in [-0.15, -0.1) is 0 Å². The minimum atomic E-state index is -0.309. The fourth-order valence-electron chi connectivity index (χ4n) is 3.86. The average molecular weight is 421 g/mol. The number of aromatic amines is 2. The summed E-state index contributed by atoms with van der Waals surface area (Å²) < 4.78 is 13.8. The van der Waals surface area contributed by atoms with Crippen molar-refractivity contribution in [2.24, 2.45) is 0 Å². The second kappa shape index (κ2) is 7.05. The van der Waals surface area contributed by atoms with Gasteiger partial charge in [-0.1, -0.05) is 12.1 Å². The lowest BCUT2D eigenvalue weighted by molar-refractivity contribution is 0.628. The van der Waals surface area contributed by atoms with Crippen molar-refractivity contribution in [2.45, 2.75) is 6.92 Å². The molecular formula is C24H16FN7. The zero-order chi connectivity index (χ0) is 21.7.